The van der Waals surface area contributed by atoms with Gasteiger partial charge in [-0.15, -0.1) is 21.5 Å². The molecule has 35 heavy (non-hydrogen) atoms. The van der Waals surface area contributed by atoms with E-state index in [9.17, 15) is 4.79 Å². The molecule has 0 spiro atoms. The molecule has 10 heteroatoms. The number of thioether (sulfide) groups is 1. The number of aromatic nitrogens is 4. The number of hydrogen-bond donors (Lipinski definition) is 1. The first-order valence-corrected chi connectivity index (χ1v) is 13.4. The van der Waals surface area contributed by atoms with Gasteiger partial charge in [-0.3, -0.25) is 9.36 Å². The van der Waals surface area contributed by atoms with Crippen LogP contribution in [0.5, 0.6) is 5.75 Å². The van der Waals surface area contributed by atoms with Crippen LogP contribution in [0, 0.1) is 5.92 Å². The van der Waals surface area contributed by atoms with Gasteiger partial charge in [-0.05, 0) is 36.6 Å². The second-order valence-electron chi connectivity index (χ2n) is 8.15. The van der Waals surface area contributed by atoms with Gasteiger partial charge in [0.15, 0.2) is 11.0 Å². The minimum absolute atomic E-state index is 0.142. The lowest BCUT2D eigenvalue weighted by molar-refractivity contribution is 0.0947. The highest BCUT2D eigenvalue weighted by Crippen LogP contribution is 2.36. The summed E-state index contributed by atoms with van der Waals surface area (Å²) in [6.07, 6.45) is 0.935. The average molecular weight is 528 g/mol. The molecular formula is C25H26ClN5O2S2. The summed E-state index contributed by atoms with van der Waals surface area (Å²) in [5.41, 5.74) is 2.02. The van der Waals surface area contributed by atoms with Crippen molar-refractivity contribution >= 4 is 40.6 Å². The maximum atomic E-state index is 12.4. The van der Waals surface area contributed by atoms with E-state index in [-0.39, 0.29) is 5.91 Å². The summed E-state index contributed by atoms with van der Waals surface area (Å²) in [5, 5.41) is 15.7. The SMILES string of the molecule is COc1ccccc1-n1c(SCc2nc(C(=O)NCCC(C)C)cs2)nnc1-c1ccccc1Cl. The average Bonchev–Trinajstić information content (AvgIpc) is 3.50. The highest BCUT2D eigenvalue weighted by Gasteiger charge is 2.21. The van der Waals surface area contributed by atoms with Crippen molar-refractivity contribution in [3.8, 4) is 22.8 Å². The normalized spacial score (nSPS) is 11.1. The number of benzene rings is 2. The van der Waals surface area contributed by atoms with Gasteiger partial charge in [0.2, 0.25) is 0 Å². The predicted octanol–water partition coefficient (Wildman–Crippen LogP) is 6.12. The number of methoxy groups -OCH3 is 1. The van der Waals surface area contributed by atoms with Crippen molar-refractivity contribution in [2.45, 2.75) is 31.2 Å². The predicted molar refractivity (Wildman–Crippen MR) is 142 cm³/mol. The molecule has 182 valence electrons. The van der Waals surface area contributed by atoms with E-state index in [0.29, 0.717) is 45.7 Å². The zero-order valence-corrected chi connectivity index (χ0v) is 22.1. The van der Waals surface area contributed by atoms with E-state index in [1.165, 1.54) is 23.1 Å². The number of para-hydroxylation sites is 2. The molecule has 1 N–H and O–H groups in total. The molecule has 0 bridgehead atoms. The summed E-state index contributed by atoms with van der Waals surface area (Å²) in [6.45, 7) is 4.90. The summed E-state index contributed by atoms with van der Waals surface area (Å²) < 4.78 is 7.55. The maximum absolute atomic E-state index is 12.4. The van der Waals surface area contributed by atoms with Gasteiger partial charge in [0.1, 0.15) is 16.5 Å². The maximum Gasteiger partial charge on any atom is 0.270 e. The molecule has 2 heterocycles. The van der Waals surface area contributed by atoms with Crippen molar-refractivity contribution in [3.05, 3.63) is 69.6 Å². The molecule has 4 rings (SSSR count). The lowest BCUT2D eigenvalue weighted by atomic mass is 10.1. The van der Waals surface area contributed by atoms with E-state index >= 15 is 0 Å². The number of amides is 1. The highest BCUT2D eigenvalue weighted by atomic mass is 35.5. The Labute approximate surface area is 217 Å². The molecule has 0 saturated carbocycles. The van der Waals surface area contributed by atoms with Crippen LogP contribution in [0.4, 0.5) is 0 Å². The minimum Gasteiger partial charge on any atom is -0.495 e. The molecule has 4 aromatic rings. The fraction of sp³-hybridized carbons (Fsp3) is 0.280. The largest absolute Gasteiger partial charge is 0.495 e. The number of thiazole rings is 1. The lowest BCUT2D eigenvalue weighted by Gasteiger charge is -2.14. The summed E-state index contributed by atoms with van der Waals surface area (Å²) in [7, 11) is 1.63. The van der Waals surface area contributed by atoms with Crippen LogP contribution >= 0.6 is 34.7 Å². The Hall–Kier alpha value is -2.88. The van der Waals surface area contributed by atoms with E-state index in [0.717, 1.165) is 22.7 Å². The number of carbonyl (C=O) groups excluding carboxylic acids is 1. The van der Waals surface area contributed by atoms with Gasteiger partial charge in [-0.2, -0.15) is 0 Å². The monoisotopic (exact) mass is 527 g/mol. The van der Waals surface area contributed by atoms with E-state index in [1.807, 2.05) is 53.1 Å². The Balaban J connectivity index is 1.59. The number of carbonyl (C=O) groups is 1. The van der Waals surface area contributed by atoms with Gasteiger partial charge in [0.05, 0.1) is 23.6 Å². The molecule has 0 aliphatic heterocycles. The molecular weight excluding hydrogens is 502 g/mol. The van der Waals surface area contributed by atoms with Gasteiger partial charge in [0.25, 0.3) is 5.91 Å². The molecule has 2 aromatic carbocycles. The molecule has 0 radical (unpaired) electrons. The van der Waals surface area contributed by atoms with Crippen LogP contribution in [0.3, 0.4) is 0 Å². The third-order valence-corrected chi connectivity index (χ3v) is 7.49. The number of nitrogens with zero attached hydrogens (tertiary/aromatic N) is 4. The standard InChI is InChI=1S/C25H26ClN5O2S2/c1-16(2)12-13-27-24(32)19-14-34-22(28-19)15-35-25-30-29-23(17-8-4-5-9-18(17)26)31(25)20-10-6-7-11-21(20)33-3/h4-11,14,16H,12-13,15H2,1-3H3,(H,27,32). The molecule has 0 atom stereocenters. The van der Waals surface area contributed by atoms with Crippen molar-refractivity contribution in [1.82, 2.24) is 25.1 Å². The molecule has 7 nitrogen and oxygen atoms in total. The van der Waals surface area contributed by atoms with Crippen molar-refractivity contribution in [1.29, 1.82) is 0 Å². The topological polar surface area (TPSA) is 81.9 Å². The smallest absolute Gasteiger partial charge is 0.270 e. The Morgan fingerprint density at radius 3 is 2.71 bits per heavy atom. The van der Waals surface area contributed by atoms with Crippen LogP contribution in [-0.2, 0) is 5.75 Å². The van der Waals surface area contributed by atoms with Crippen LogP contribution in [0.2, 0.25) is 5.02 Å². The number of halogens is 1. The zero-order chi connectivity index (χ0) is 24.8. The molecule has 1 amide bonds. The van der Waals surface area contributed by atoms with Crippen molar-refractivity contribution in [2.24, 2.45) is 5.92 Å². The van der Waals surface area contributed by atoms with Gasteiger partial charge in [-0.1, -0.05) is 61.5 Å². The minimum atomic E-state index is -0.142. The summed E-state index contributed by atoms with van der Waals surface area (Å²) in [5.74, 6) is 2.24. The third-order valence-electron chi connectivity index (χ3n) is 5.19. The van der Waals surface area contributed by atoms with Crippen LogP contribution < -0.4 is 10.1 Å². The van der Waals surface area contributed by atoms with E-state index in [2.05, 4.69) is 34.3 Å². The number of nitrogens with one attached hydrogen (secondary N) is 1. The quantitative estimate of drug-likeness (QED) is 0.250. The van der Waals surface area contributed by atoms with Crippen LogP contribution in [0.1, 0.15) is 35.8 Å². The Kier molecular flexibility index (Phi) is 8.43. The second kappa shape index (κ2) is 11.7. The lowest BCUT2D eigenvalue weighted by Crippen LogP contribution is -2.25. The van der Waals surface area contributed by atoms with E-state index in [1.54, 1.807) is 12.5 Å². The van der Waals surface area contributed by atoms with Gasteiger partial charge in [0, 0.05) is 17.5 Å². The fourth-order valence-electron chi connectivity index (χ4n) is 3.38. The first-order chi connectivity index (χ1) is 17.0. The van der Waals surface area contributed by atoms with Gasteiger partial charge < -0.3 is 10.1 Å². The number of hydrogen-bond acceptors (Lipinski definition) is 7. The highest BCUT2D eigenvalue weighted by molar-refractivity contribution is 7.98. The Morgan fingerprint density at radius 2 is 1.94 bits per heavy atom. The van der Waals surface area contributed by atoms with Crippen LogP contribution in [0.25, 0.3) is 17.1 Å². The van der Waals surface area contributed by atoms with Crippen molar-refractivity contribution in [3.63, 3.8) is 0 Å². The third kappa shape index (κ3) is 6.04. The van der Waals surface area contributed by atoms with Crippen molar-refractivity contribution < 1.29 is 9.53 Å². The van der Waals surface area contributed by atoms with E-state index < -0.39 is 0 Å². The van der Waals surface area contributed by atoms with Gasteiger partial charge >= 0.3 is 0 Å². The molecule has 0 unspecified atom stereocenters. The zero-order valence-electron chi connectivity index (χ0n) is 19.7. The molecule has 0 aliphatic rings. The summed E-state index contributed by atoms with van der Waals surface area (Å²) in [4.78, 5) is 16.9. The van der Waals surface area contributed by atoms with Crippen LogP contribution in [-0.4, -0.2) is 39.3 Å². The Morgan fingerprint density at radius 1 is 1.17 bits per heavy atom. The summed E-state index contributed by atoms with van der Waals surface area (Å²) in [6, 6.07) is 15.2. The van der Waals surface area contributed by atoms with Crippen molar-refractivity contribution in [2.75, 3.05) is 13.7 Å². The first-order valence-electron chi connectivity index (χ1n) is 11.2. The van der Waals surface area contributed by atoms with Gasteiger partial charge in [-0.25, -0.2) is 4.98 Å². The Bertz CT molecular complexity index is 1300. The summed E-state index contributed by atoms with van der Waals surface area (Å²) >= 11 is 9.44. The molecule has 0 saturated heterocycles. The van der Waals surface area contributed by atoms with Crippen LogP contribution in [0.15, 0.2) is 59.1 Å². The number of ether oxygens (including phenoxy) is 1. The molecule has 0 fully saturated rings. The van der Waals surface area contributed by atoms with E-state index in [4.69, 9.17) is 16.3 Å². The first kappa shape index (κ1) is 25.2. The molecule has 2 aromatic heterocycles. The second-order valence-corrected chi connectivity index (χ2v) is 10.4. The number of rotatable bonds is 10. The molecule has 0 aliphatic carbocycles. The fourth-order valence-corrected chi connectivity index (χ4v) is 5.34.